The van der Waals surface area contributed by atoms with Crippen LogP contribution < -0.4 is 0 Å². The van der Waals surface area contributed by atoms with Crippen LogP contribution in [-0.2, 0) is 10.0 Å². The Morgan fingerprint density at radius 1 is 0.963 bits per heavy atom. The maximum atomic E-state index is 13.1. The van der Waals surface area contributed by atoms with Crippen LogP contribution in [0.2, 0.25) is 0 Å². The Kier molecular flexibility index (Phi) is 6.93. The van der Waals surface area contributed by atoms with Gasteiger partial charge in [-0.25, -0.2) is 8.42 Å². The number of nitrogens with zero attached hydrogens (tertiary/aromatic N) is 2. The molecule has 1 aromatic carbocycles. The average Bonchev–Trinajstić information content (AvgIpc) is 2.67. The molecule has 27 heavy (non-hydrogen) atoms. The number of rotatable bonds is 4. The third kappa shape index (κ3) is 4.91. The minimum atomic E-state index is -3.58. The van der Waals surface area contributed by atoms with Gasteiger partial charge in [0, 0.05) is 31.7 Å². The van der Waals surface area contributed by atoms with Crippen LogP contribution in [-0.4, -0.2) is 49.7 Å². The summed E-state index contributed by atoms with van der Waals surface area (Å²) >= 11 is 0. The lowest BCUT2D eigenvalue weighted by atomic mass is 9.96. The minimum Gasteiger partial charge on any atom is -0.339 e. The Bertz CT molecular complexity index is 734. The molecule has 1 saturated carbocycles. The number of carbonyl (C=O) groups excluding carboxylic acids is 1. The SMILES string of the molecule is CN(C1CCCCC1)S(=O)(=O)c1cccc(C(=O)N2CCCCCCC2)c1. The van der Waals surface area contributed by atoms with Crippen molar-refractivity contribution in [2.45, 2.75) is 75.1 Å². The summed E-state index contributed by atoms with van der Waals surface area (Å²) in [6.45, 7) is 1.52. The second-order valence-electron chi connectivity index (χ2n) is 7.90. The van der Waals surface area contributed by atoms with Gasteiger partial charge in [-0.05, 0) is 43.9 Å². The van der Waals surface area contributed by atoms with Gasteiger partial charge in [-0.2, -0.15) is 4.31 Å². The predicted octanol–water partition coefficient (Wildman–Crippen LogP) is 4.05. The number of benzene rings is 1. The van der Waals surface area contributed by atoms with E-state index in [1.165, 1.54) is 17.1 Å². The lowest BCUT2D eigenvalue weighted by molar-refractivity contribution is 0.0742. The van der Waals surface area contributed by atoms with Crippen LogP contribution in [0.15, 0.2) is 29.2 Å². The van der Waals surface area contributed by atoms with Crippen molar-refractivity contribution >= 4 is 15.9 Å². The van der Waals surface area contributed by atoms with Crippen LogP contribution in [0.5, 0.6) is 0 Å². The maximum absolute atomic E-state index is 13.1. The van der Waals surface area contributed by atoms with E-state index in [0.717, 1.165) is 64.5 Å². The number of amides is 1. The molecular weight excluding hydrogens is 360 g/mol. The van der Waals surface area contributed by atoms with E-state index < -0.39 is 10.0 Å². The molecule has 150 valence electrons. The van der Waals surface area contributed by atoms with Crippen molar-refractivity contribution in [3.8, 4) is 0 Å². The highest BCUT2D eigenvalue weighted by molar-refractivity contribution is 7.89. The highest BCUT2D eigenvalue weighted by atomic mass is 32.2. The van der Waals surface area contributed by atoms with Gasteiger partial charge in [0.1, 0.15) is 0 Å². The molecule has 1 saturated heterocycles. The highest BCUT2D eigenvalue weighted by Crippen LogP contribution is 2.27. The standard InChI is InChI=1S/C21H32N2O3S/c1-22(19-12-6-5-7-13-19)27(25,26)20-14-10-11-18(17-20)21(24)23-15-8-3-2-4-9-16-23/h10-11,14,17,19H,2-9,12-13,15-16H2,1H3. The first-order valence-corrected chi connectivity index (χ1v) is 11.8. The van der Waals surface area contributed by atoms with Crippen LogP contribution in [0, 0.1) is 0 Å². The van der Waals surface area contributed by atoms with Crippen molar-refractivity contribution in [1.29, 1.82) is 0 Å². The van der Waals surface area contributed by atoms with E-state index in [4.69, 9.17) is 0 Å². The van der Waals surface area contributed by atoms with Gasteiger partial charge in [0.2, 0.25) is 10.0 Å². The monoisotopic (exact) mass is 392 g/mol. The van der Waals surface area contributed by atoms with Crippen molar-refractivity contribution in [2.75, 3.05) is 20.1 Å². The zero-order valence-corrected chi connectivity index (χ0v) is 17.2. The summed E-state index contributed by atoms with van der Waals surface area (Å²) in [6.07, 6.45) is 10.8. The van der Waals surface area contributed by atoms with E-state index in [-0.39, 0.29) is 16.8 Å². The number of hydrogen-bond acceptors (Lipinski definition) is 3. The maximum Gasteiger partial charge on any atom is 0.253 e. The smallest absolute Gasteiger partial charge is 0.253 e. The molecule has 0 N–H and O–H groups in total. The van der Waals surface area contributed by atoms with E-state index in [2.05, 4.69) is 0 Å². The Labute approximate surface area is 163 Å². The van der Waals surface area contributed by atoms with Crippen LogP contribution in [0.25, 0.3) is 0 Å². The zero-order valence-electron chi connectivity index (χ0n) is 16.4. The molecule has 0 unspecified atom stereocenters. The molecule has 0 atom stereocenters. The minimum absolute atomic E-state index is 0.0470. The summed E-state index contributed by atoms with van der Waals surface area (Å²) in [4.78, 5) is 15.0. The summed E-state index contributed by atoms with van der Waals surface area (Å²) in [7, 11) is -1.90. The summed E-state index contributed by atoms with van der Waals surface area (Å²) in [5.41, 5.74) is 0.480. The Hall–Kier alpha value is -1.40. The van der Waals surface area contributed by atoms with E-state index in [9.17, 15) is 13.2 Å². The van der Waals surface area contributed by atoms with Gasteiger partial charge in [0.25, 0.3) is 5.91 Å². The molecule has 1 aliphatic heterocycles. The van der Waals surface area contributed by atoms with Crippen LogP contribution >= 0.6 is 0 Å². The van der Waals surface area contributed by atoms with E-state index in [1.807, 2.05) is 4.90 Å². The largest absolute Gasteiger partial charge is 0.339 e. The highest BCUT2D eigenvalue weighted by Gasteiger charge is 2.29. The molecule has 0 bridgehead atoms. The van der Waals surface area contributed by atoms with E-state index >= 15 is 0 Å². The van der Waals surface area contributed by atoms with Gasteiger partial charge in [-0.1, -0.05) is 44.6 Å². The fourth-order valence-electron chi connectivity index (χ4n) is 4.23. The van der Waals surface area contributed by atoms with Crippen LogP contribution in [0.1, 0.15) is 74.6 Å². The molecule has 1 amide bonds. The molecule has 0 radical (unpaired) electrons. The predicted molar refractivity (Wildman–Crippen MR) is 107 cm³/mol. The van der Waals surface area contributed by atoms with Crippen molar-refractivity contribution in [3.63, 3.8) is 0 Å². The van der Waals surface area contributed by atoms with Crippen molar-refractivity contribution in [3.05, 3.63) is 29.8 Å². The summed E-state index contributed by atoms with van der Waals surface area (Å²) in [5, 5.41) is 0. The number of carbonyl (C=O) groups is 1. The third-order valence-corrected chi connectivity index (χ3v) is 7.90. The molecule has 0 aromatic heterocycles. The molecule has 3 rings (SSSR count). The Morgan fingerprint density at radius 2 is 1.56 bits per heavy atom. The molecular formula is C21H32N2O3S. The topological polar surface area (TPSA) is 57.7 Å². The zero-order chi connectivity index (χ0) is 19.3. The molecule has 6 heteroatoms. The van der Waals surface area contributed by atoms with Crippen LogP contribution in [0.3, 0.4) is 0 Å². The van der Waals surface area contributed by atoms with E-state index in [1.54, 1.807) is 31.3 Å². The third-order valence-electron chi connectivity index (χ3n) is 5.99. The second kappa shape index (κ2) is 9.20. The van der Waals surface area contributed by atoms with Gasteiger partial charge in [-0.3, -0.25) is 4.79 Å². The summed E-state index contributed by atoms with van der Waals surface area (Å²) in [5.74, 6) is -0.0470. The van der Waals surface area contributed by atoms with E-state index in [0.29, 0.717) is 5.56 Å². The number of sulfonamides is 1. The first-order valence-electron chi connectivity index (χ1n) is 10.4. The fraction of sp³-hybridized carbons (Fsp3) is 0.667. The molecule has 5 nitrogen and oxygen atoms in total. The van der Waals surface area contributed by atoms with Gasteiger partial charge in [0.15, 0.2) is 0 Å². The molecule has 2 aliphatic rings. The molecule has 1 aromatic rings. The lowest BCUT2D eigenvalue weighted by Crippen LogP contribution is -2.38. The average molecular weight is 393 g/mol. The molecule has 0 spiro atoms. The second-order valence-corrected chi connectivity index (χ2v) is 9.90. The number of hydrogen-bond donors (Lipinski definition) is 0. The first-order chi connectivity index (χ1) is 13.0. The van der Waals surface area contributed by atoms with Crippen molar-refractivity contribution in [2.24, 2.45) is 0 Å². The first kappa shape index (κ1) is 20.3. The van der Waals surface area contributed by atoms with Crippen LogP contribution in [0.4, 0.5) is 0 Å². The van der Waals surface area contributed by atoms with Crippen molar-refractivity contribution in [1.82, 2.24) is 9.21 Å². The summed E-state index contributed by atoms with van der Waals surface area (Å²) in [6, 6.07) is 6.67. The molecule has 2 fully saturated rings. The quantitative estimate of drug-likeness (QED) is 0.777. The van der Waals surface area contributed by atoms with Gasteiger partial charge >= 0.3 is 0 Å². The van der Waals surface area contributed by atoms with Gasteiger partial charge < -0.3 is 4.90 Å². The fourth-order valence-corrected chi connectivity index (χ4v) is 5.69. The normalized spacial score (nSPS) is 20.3. The number of likely N-dealkylation sites (tertiary alicyclic amines) is 1. The Morgan fingerprint density at radius 3 is 2.22 bits per heavy atom. The lowest BCUT2D eigenvalue weighted by Gasteiger charge is -2.30. The molecule has 1 heterocycles. The Balaban J connectivity index is 1.78. The summed E-state index contributed by atoms with van der Waals surface area (Å²) < 4.78 is 27.7. The van der Waals surface area contributed by atoms with Crippen molar-refractivity contribution < 1.29 is 13.2 Å². The molecule has 1 aliphatic carbocycles. The van der Waals surface area contributed by atoms with Gasteiger partial charge in [0.05, 0.1) is 4.90 Å². The van der Waals surface area contributed by atoms with Gasteiger partial charge in [-0.15, -0.1) is 0 Å².